The fourth-order valence-corrected chi connectivity index (χ4v) is 10.3. The number of nitrogens with zero attached hydrogens (tertiary/aromatic N) is 15. The van der Waals surface area contributed by atoms with Crippen molar-refractivity contribution in [3.63, 3.8) is 0 Å². The minimum atomic E-state index is -4.97. The first-order valence-corrected chi connectivity index (χ1v) is 24.2. The summed E-state index contributed by atoms with van der Waals surface area (Å²) < 4.78 is 54.4. The Morgan fingerprint density at radius 3 is 0.934 bits per heavy atom. The monoisotopic (exact) mass is 1010 g/mol. The minimum Gasteiger partial charge on any atom is -0.309 e. The van der Waals surface area contributed by atoms with E-state index in [-0.39, 0.29) is 11.4 Å². The summed E-state index contributed by atoms with van der Waals surface area (Å²) in [6, 6.07) is 34.2. The standard InChI is InChI=1S/C58H42F3N15/c1-28-63-29(2)68-54(67-28)38-12-16-47-43(21-38)44-22-39(55-69-30(3)64-31(4)70-55)13-17-48(44)75(47)51-25-42(37-11-9-10-36(20-37)27-62)26-52(53(51)58(59,60)61)76-49-18-14-40(56-71-32(5)65-33(6)72-56)23-45(49)46-24-41(15-19-50(46)76)57-73-34(7)66-35(8)74-57/h9-26H,1-8H3. The van der Waals surface area contributed by atoms with Gasteiger partial charge in [0, 0.05) is 43.8 Å². The van der Waals surface area contributed by atoms with Gasteiger partial charge < -0.3 is 9.13 Å². The molecule has 0 aliphatic carbocycles. The van der Waals surface area contributed by atoms with Gasteiger partial charge in [0.25, 0.3) is 0 Å². The highest BCUT2D eigenvalue weighted by atomic mass is 19.4. The molecule has 0 aliphatic heterocycles. The summed E-state index contributed by atoms with van der Waals surface area (Å²) in [6.07, 6.45) is -4.97. The van der Waals surface area contributed by atoms with Crippen LogP contribution in [0, 0.1) is 66.7 Å². The van der Waals surface area contributed by atoms with Crippen LogP contribution in [-0.2, 0) is 6.18 Å². The molecule has 0 radical (unpaired) electrons. The van der Waals surface area contributed by atoms with Crippen molar-refractivity contribution < 1.29 is 13.2 Å². The van der Waals surface area contributed by atoms with Gasteiger partial charge in [-0.25, -0.2) is 59.8 Å². The molecule has 15 nitrogen and oxygen atoms in total. The molecule has 0 N–H and O–H groups in total. The molecular weight excluding hydrogens is 964 g/mol. The van der Waals surface area contributed by atoms with Crippen LogP contribution in [0.1, 0.15) is 57.7 Å². The normalized spacial score (nSPS) is 11.9. The zero-order valence-corrected chi connectivity index (χ0v) is 42.2. The van der Waals surface area contributed by atoms with Gasteiger partial charge in [-0.3, -0.25) is 0 Å². The van der Waals surface area contributed by atoms with E-state index in [0.29, 0.717) is 152 Å². The summed E-state index contributed by atoms with van der Waals surface area (Å²) in [7, 11) is 0. The van der Waals surface area contributed by atoms with Crippen LogP contribution in [0.4, 0.5) is 13.2 Å². The number of hydrogen-bond acceptors (Lipinski definition) is 13. The number of aryl methyl sites for hydroxylation is 8. The summed E-state index contributed by atoms with van der Waals surface area (Å²) >= 11 is 0. The number of fused-ring (bicyclic) bond motifs is 6. The lowest BCUT2D eigenvalue weighted by Gasteiger charge is -2.23. The number of hydrogen-bond donors (Lipinski definition) is 0. The molecule has 12 rings (SSSR count). The molecule has 0 bridgehead atoms. The molecule has 0 amide bonds. The van der Waals surface area contributed by atoms with Crippen molar-refractivity contribution >= 4 is 43.6 Å². The van der Waals surface area contributed by atoms with Gasteiger partial charge in [0.2, 0.25) is 0 Å². The molecule has 6 aromatic carbocycles. The second-order valence-corrected chi connectivity index (χ2v) is 18.7. The largest absolute Gasteiger partial charge is 0.420 e. The molecule has 0 saturated carbocycles. The van der Waals surface area contributed by atoms with Crippen molar-refractivity contribution in [2.45, 2.75) is 61.6 Å². The Bertz CT molecular complexity index is 3930. The maximum Gasteiger partial charge on any atom is 0.420 e. The molecule has 0 spiro atoms. The number of nitriles is 1. The van der Waals surface area contributed by atoms with Gasteiger partial charge in [0.1, 0.15) is 52.2 Å². The van der Waals surface area contributed by atoms with Crippen LogP contribution in [0.3, 0.4) is 0 Å². The van der Waals surface area contributed by atoms with Crippen LogP contribution >= 0.6 is 0 Å². The summed E-state index contributed by atoms with van der Waals surface area (Å²) in [5.74, 6) is 5.88. The quantitative estimate of drug-likeness (QED) is 0.147. The third kappa shape index (κ3) is 8.27. The van der Waals surface area contributed by atoms with Crippen LogP contribution < -0.4 is 0 Å². The highest BCUT2D eigenvalue weighted by molar-refractivity contribution is 6.13. The van der Waals surface area contributed by atoms with Gasteiger partial charge in [0.15, 0.2) is 23.3 Å². The molecular formula is C58H42F3N15. The first kappa shape index (κ1) is 47.3. The van der Waals surface area contributed by atoms with Gasteiger partial charge >= 0.3 is 6.18 Å². The van der Waals surface area contributed by atoms with E-state index in [1.807, 2.05) is 48.5 Å². The number of aromatic nitrogens is 14. The first-order chi connectivity index (χ1) is 36.5. The Morgan fingerprint density at radius 2 is 0.658 bits per heavy atom. The molecule has 76 heavy (non-hydrogen) atoms. The fraction of sp³-hybridized carbons (Fsp3) is 0.155. The summed E-state index contributed by atoms with van der Waals surface area (Å²) in [4.78, 5) is 54.7. The molecule has 12 aromatic rings. The third-order valence-corrected chi connectivity index (χ3v) is 13.2. The average molecular weight is 1010 g/mol. The average Bonchev–Trinajstić information content (AvgIpc) is 3.94. The number of halogens is 3. The van der Waals surface area contributed by atoms with E-state index in [0.717, 1.165) is 0 Å². The number of benzene rings is 6. The molecule has 370 valence electrons. The smallest absolute Gasteiger partial charge is 0.309 e. The van der Waals surface area contributed by atoms with Gasteiger partial charge in [-0.05, 0) is 164 Å². The Morgan fingerprint density at radius 1 is 0.355 bits per heavy atom. The molecule has 6 heterocycles. The fourth-order valence-electron chi connectivity index (χ4n) is 10.3. The van der Waals surface area contributed by atoms with Crippen molar-refractivity contribution in [2.24, 2.45) is 0 Å². The van der Waals surface area contributed by atoms with E-state index in [9.17, 15) is 5.26 Å². The molecule has 18 heteroatoms. The van der Waals surface area contributed by atoms with E-state index >= 15 is 13.2 Å². The van der Waals surface area contributed by atoms with Crippen LogP contribution in [0.25, 0.3) is 112 Å². The van der Waals surface area contributed by atoms with E-state index in [1.165, 1.54) is 0 Å². The third-order valence-electron chi connectivity index (χ3n) is 13.2. The van der Waals surface area contributed by atoms with Crippen LogP contribution in [0.2, 0.25) is 0 Å². The van der Waals surface area contributed by atoms with E-state index in [4.69, 9.17) is 0 Å². The SMILES string of the molecule is Cc1nc(C)nc(-c2ccc3c(c2)c2cc(-c4nc(C)nc(C)n4)ccc2n3-c2cc(-c3cccc(C#N)c3)cc(-n3c4ccc(-c5nc(C)nc(C)n5)cc4c4cc(-c5nc(C)nc(C)n5)ccc43)c2C(F)(F)F)n1. The van der Waals surface area contributed by atoms with Crippen LogP contribution in [0.5, 0.6) is 0 Å². The Labute approximate surface area is 432 Å². The predicted octanol–water partition coefficient (Wildman–Crippen LogP) is 12.3. The zero-order valence-electron chi connectivity index (χ0n) is 42.2. The molecule has 0 fully saturated rings. The highest BCUT2D eigenvalue weighted by Gasteiger charge is 2.40. The van der Waals surface area contributed by atoms with Crippen molar-refractivity contribution in [1.29, 1.82) is 5.26 Å². The molecule has 0 aliphatic rings. The Kier molecular flexibility index (Phi) is 11.0. The molecule has 0 atom stereocenters. The van der Waals surface area contributed by atoms with Gasteiger partial charge in [-0.1, -0.05) is 12.1 Å². The van der Waals surface area contributed by atoms with Crippen molar-refractivity contribution in [3.05, 3.63) is 167 Å². The Balaban J connectivity index is 1.21. The topological polar surface area (TPSA) is 188 Å². The minimum absolute atomic E-state index is 0.155. The summed E-state index contributed by atoms with van der Waals surface area (Å²) in [6.45, 7) is 14.3. The van der Waals surface area contributed by atoms with Crippen LogP contribution in [-0.4, -0.2) is 68.9 Å². The lowest BCUT2D eigenvalue weighted by molar-refractivity contribution is -0.137. The lowest BCUT2D eigenvalue weighted by Crippen LogP contribution is -2.16. The number of rotatable bonds is 7. The van der Waals surface area contributed by atoms with Gasteiger partial charge in [-0.2, -0.15) is 18.4 Å². The second-order valence-electron chi connectivity index (χ2n) is 18.7. The maximum absolute atomic E-state index is 17.0. The predicted molar refractivity (Wildman–Crippen MR) is 283 cm³/mol. The second kappa shape index (κ2) is 17.7. The zero-order chi connectivity index (χ0) is 52.9. The molecule has 0 unspecified atom stereocenters. The summed E-state index contributed by atoms with van der Waals surface area (Å²) in [5.41, 5.74) is 4.56. The van der Waals surface area contributed by atoms with E-state index in [2.05, 4.69) is 65.9 Å². The highest BCUT2D eigenvalue weighted by Crippen LogP contribution is 2.47. The van der Waals surface area contributed by atoms with Gasteiger partial charge in [-0.15, -0.1) is 0 Å². The maximum atomic E-state index is 17.0. The first-order valence-electron chi connectivity index (χ1n) is 24.2. The number of alkyl halides is 3. The molecule has 6 aromatic heterocycles. The van der Waals surface area contributed by atoms with E-state index < -0.39 is 11.7 Å². The van der Waals surface area contributed by atoms with Crippen LogP contribution in [0.15, 0.2) is 109 Å². The van der Waals surface area contributed by atoms with E-state index in [1.54, 1.807) is 125 Å². The van der Waals surface area contributed by atoms with Crippen molar-refractivity contribution in [1.82, 2.24) is 68.9 Å². The lowest BCUT2D eigenvalue weighted by atomic mass is 9.98. The summed E-state index contributed by atoms with van der Waals surface area (Å²) in [5, 5.41) is 12.6. The molecule has 0 saturated heterocycles. The Hall–Kier alpha value is -9.76. The van der Waals surface area contributed by atoms with Crippen molar-refractivity contribution in [3.8, 4) is 74.1 Å². The van der Waals surface area contributed by atoms with Crippen molar-refractivity contribution in [2.75, 3.05) is 0 Å². The van der Waals surface area contributed by atoms with Gasteiger partial charge in [0.05, 0.1) is 45.1 Å².